The number of aromatic nitrogens is 2. The van der Waals surface area contributed by atoms with Crippen molar-refractivity contribution in [2.75, 3.05) is 0 Å². The second-order valence-electron chi connectivity index (χ2n) is 1.06. The van der Waals surface area contributed by atoms with E-state index in [2.05, 4.69) is 10.2 Å². The maximum absolute atomic E-state index is 4.87. The molecule has 1 radical (unpaired) electrons. The second-order valence-corrected chi connectivity index (χ2v) is 1.85. The maximum Gasteiger partial charge on any atom is 0.294 e. The maximum atomic E-state index is 4.87. The molecule has 3 nitrogen and oxygen atoms in total. The first kappa shape index (κ1) is 5.50. The molecule has 0 saturated heterocycles. The molecule has 0 aliphatic carbocycles. The monoisotopic (exact) mass is 129 g/mol. The third kappa shape index (κ3) is 1.16. The van der Waals surface area contributed by atoms with E-state index in [1.807, 2.05) is 0 Å². The van der Waals surface area contributed by atoms with Crippen molar-refractivity contribution in [2.24, 2.45) is 0 Å². The van der Waals surface area contributed by atoms with Crippen LogP contribution < -0.4 is 4.74 Å². The Morgan fingerprint density at radius 3 is 3.25 bits per heavy atom. The van der Waals surface area contributed by atoms with Gasteiger partial charge in [0, 0.05) is 0 Å². The summed E-state index contributed by atoms with van der Waals surface area (Å²) in [6.07, 6.45) is 0. The molecule has 0 aromatic carbocycles. The van der Waals surface area contributed by atoms with Gasteiger partial charge in [-0.1, -0.05) is 11.3 Å². The lowest BCUT2D eigenvalue weighted by Crippen LogP contribution is -1.82. The van der Waals surface area contributed by atoms with Gasteiger partial charge in [0.05, 0.1) is 0 Å². The Labute approximate surface area is 51.3 Å². The SMILES string of the molecule is C[CH]Oc1nncs1. The molecule has 0 bridgehead atoms. The molecule has 1 aromatic heterocycles. The molecule has 1 heterocycles. The van der Waals surface area contributed by atoms with Crippen LogP contribution in [0.5, 0.6) is 5.19 Å². The fraction of sp³-hybridized carbons (Fsp3) is 0.250. The van der Waals surface area contributed by atoms with E-state index in [0.717, 1.165) is 0 Å². The summed E-state index contributed by atoms with van der Waals surface area (Å²) < 4.78 is 4.87. The highest BCUT2D eigenvalue weighted by atomic mass is 32.1. The molecule has 0 fully saturated rings. The topological polar surface area (TPSA) is 35.0 Å². The van der Waals surface area contributed by atoms with Crippen LogP contribution in [0.4, 0.5) is 0 Å². The van der Waals surface area contributed by atoms with Gasteiger partial charge < -0.3 is 4.74 Å². The molecular formula is C4H5N2OS. The minimum absolute atomic E-state index is 0.590. The van der Waals surface area contributed by atoms with Gasteiger partial charge in [-0.2, -0.15) is 0 Å². The summed E-state index contributed by atoms with van der Waals surface area (Å²) in [6.45, 7) is 3.36. The average molecular weight is 129 g/mol. The average Bonchev–Trinajstić information content (AvgIpc) is 2.19. The summed E-state index contributed by atoms with van der Waals surface area (Å²) in [4.78, 5) is 0. The number of ether oxygens (including phenoxy) is 1. The van der Waals surface area contributed by atoms with E-state index in [0.29, 0.717) is 5.19 Å². The summed E-state index contributed by atoms with van der Waals surface area (Å²) >= 11 is 1.37. The van der Waals surface area contributed by atoms with Crippen LogP contribution >= 0.6 is 11.3 Å². The quantitative estimate of drug-likeness (QED) is 0.599. The van der Waals surface area contributed by atoms with E-state index in [1.165, 1.54) is 11.3 Å². The third-order valence-electron chi connectivity index (χ3n) is 0.559. The van der Waals surface area contributed by atoms with Crippen LogP contribution in [0, 0.1) is 6.61 Å². The van der Waals surface area contributed by atoms with Crippen LogP contribution in [0.1, 0.15) is 6.92 Å². The molecule has 1 rings (SSSR count). The van der Waals surface area contributed by atoms with Crippen molar-refractivity contribution >= 4 is 11.3 Å². The van der Waals surface area contributed by atoms with Gasteiger partial charge in [-0.3, -0.25) is 0 Å². The summed E-state index contributed by atoms with van der Waals surface area (Å²) in [5, 5.41) is 7.78. The fourth-order valence-corrected chi connectivity index (χ4v) is 0.746. The van der Waals surface area contributed by atoms with E-state index >= 15 is 0 Å². The molecule has 0 saturated carbocycles. The first-order valence-electron chi connectivity index (χ1n) is 2.14. The molecule has 0 aliphatic rings. The van der Waals surface area contributed by atoms with Crippen LogP contribution in [0.3, 0.4) is 0 Å². The zero-order chi connectivity index (χ0) is 5.82. The Bertz CT molecular complexity index is 140. The van der Waals surface area contributed by atoms with Gasteiger partial charge in [0.15, 0.2) is 0 Å². The van der Waals surface area contributed by atoms with E-state index < -0.39 is 0 Å². The fourth-order valence-electron chi connectivity index (χ4n) is 0.315. The molecule has 8 heavy (non-hydrogen) atoms. The van der Waals surface area contributed by atoms with Crippen LogP contribution in [0.25, 0.3) is 0 Å². The lowest BCUT2D eigenvalue weighted by molar-refractivity contribution is 0.409. The lowest BCUT2D eigenvalue weighted by Gasteiger charge is -1.89. The van der Waals surface area contributed by atoms with E-state index in [4.69, 9.17) is 4.74 Å². The van der Waals surface area contributed by atoms with E-state index in [9.17, 15) is 0 Å². The molecular weight excluding hydrogens is 124 g/mol. The molecule has 0 atom stereocenters. The number of rotatable bonds is 2. The van der Waals surface area contributed by atoms with Gasteiger partial charge >= 0.3 is 0 Å². The summed E-state index contributed by atoms with van der Waals surface area (Å²) in [5.41, 5.74) is 1.62. The standard InChI is InChI=1S/C4H5N2OS/c1-2-7-4-6-5-3-8-4/h2-3H,1H3. The molecule has 43 valence electrons. The van der Waals surface area contributed by atoms with Crippen molar-refractivity contribution in [1.82, 2.24) is 10.2 Å². The Balaban J connectivity index is 2.50. The highest BCUT2D eigenvalue weighted by molar-refractivity contribution is 7.11. The first-order valence-corrected chi connectivity index (χ1v) is 3.02. The van der Waals surface area contributed by atoms with Gasteiger partial charge in [-0.15, -0.1) is 10.2 Å². The predicted molar refractivity (Wildman–Crippen MR) is 30.5 cm³/mol. The normalized spacial score (nSPS) is 9.12. The Morgan fingerprint density at radius 2 is 2.75 bits per heavy atom. The van der Waals surface area contributed by atoms with Gasteiger partial charge in [-0.05, 0) is 6.92 Å². The summed E-state index contributed by atoms with van der Waals surface area (Å²) in [7, 11) is 0. The first-order chi connectivity index (χ1) is 3.93. The third-order valence-corrected chi connectivity index (χ3v) is 1.14. The second kappa shape index (κ2) is 2.61. The smallest absolute Gasteiger partial charge is 0.294 e. The largest absolute Gasteiger partial charge is 0.462 e. The zero-order valence-electron chi connectivity index (χ0n) is 4.37. The van der Waals surface area contributed by atoms with Crippen molar-refractivity contribution in [3.8, 4) is 5.19 Å². The van der Waals surface area contributed by atoms with Crippen LogP contribution in [0.2, 0.25) is 0 Å². The minimum Gasteiger partial charge on any atom is -0.462 e. The molecule has 4 heteroatoms. The minimum atomic E-state index is 0.590. The van der Waals surface area contributed by atoms with Gasteiger partial charge in [-0.25, -0.2) is 0 Å². The van der Waals surface area contributed by atoms with Gasteiger partial charge in [0.2, 0.25) is 0 Å². The van der Waals surface area contributed by atoms with Crippen molar-refractivity contribution < 1.29 is 4.74 Å². The summed E-state index contributed by atoms with van der Waals surface area (Å²) in [5.74, 6) is 0. The Hall–Kier alpha value is -0.640. The summed E-state index contributed by atoms with van der Waals surface area (Å²) in [6, 6.07) is 0. The van der Waals surface area contributed by atoms with Gasteiger partial charge in [0.1, 0.15) is 12.1 Å². The molecule has 0 amide bonds. The van der Waals surface area contributed by atoms with Crippen LogP contribution in [0.15, 0.2) is 5.51 Å². The number of hydrogen-bond donors (Lipinski definition) is 0. The Kier molecular flexibility index (Phi) is 1.80. The molecule has 1 aromatic rings. The zero-order valence-corrected chi connectivity index (χ0v) is 5.18. The molecule has 0 unspecified atom stereocenters. The Morgan fingerprint density at radius 1 is 1.88 bits per heavy atom. The van der Waals surface area contributed by atoms with Crippen molar-refractivity contribution in [1.29, 1.82) is 0 Å². The van der Waals surface area contributed by atoms with Crippen molar-refractivity contribution in [3.63, 3.8) is 0 Å². The van der Waals surface area contributed by atoms with Crippen molar-refractivity contribution in [2.45, 2.75) is 6.92 Å². The highest BCUT2D eigenvalue weighted by Crippen LogP contribution is 2.11. The van der Waals surface area contributed by atoms with Crippen molar-refractivity contribution in [3.05, 3.63) is 12.1 Å². The molecule has 0 spiro atoms. The van der Waals surface area contributed by atoms with Crippen LogP contribution in [-0.2, 0) is 0 Å². The van der Waals surface area contributed by atoms with E-state index in [-0.39, 0.29) is 0 Å². The highest BCUT2D eigenvalue weighted by Gasteiger charge is 1.91. The van der Waals surface area contributed by atoms with Gasteiger partial charge in [0.25, 0.3) is 5.19 Å². The van der Waals surface area contributed by atoms with Crippen LogP contribution in [-0.4, -0.2) is 10.2 Å². The molecule has 0 aliphatic heterocycles. The van der Waals surface area contributed by atoms with E-state index in [1.54, 1.807) is 19.0 Å². The number of hydrogen-bond acceptors (Lipinski definition) is 4. The number of nitrogens with zero attached hydrogens (tertiary/aromatic N) is 2. The predicted octanol–water partition coefficient (Wildman–Crippen LogP) is 1.10. The molecule has 0 N–H and O–H groups in total. The lowest BCUT2D eigenvalue weighted by atomic mass is 10.9.